The van der Waals surface area contributed by atoms with Crippen molar-refractivity contribution in [2.24, 2.45) is 29.0 Å². The highest BCUT2D eigenvalue weighted by atomic mass is 16.5. The average molecular weight is 603 g/mol. The van der Waals surface area contributed by atoms with Crippen molar-refractivity contribution in [2.45, 2.75) is 58.7 Å². The number of nitrogens with two attached hydrogens (primary N) is 3. The van der Waals surface area contributed by atoms with Crippen LogP contribution in [0.25, 0.3) is 5.70 Å². The number of allylic oxidation sites excluding steroid dienone is 1. The van der Waals surface area contributed by atoms with Gasteiger partial charge in [-0.25, -0.2) is 0 Å². The molecule has 238 valence electrons. The lowest BCUT2D eigenvalue weighted by Gasteiger charge is -2.41. The van der Waals surface area contributed by atoms with Gasteiger partial charge in [-0.1, -0.05) is 38.0 Å². The number of amides is 1. The van der Waals surface area contributed by atoms with Crippen LogP contribution >= 0.6 is 0 Å². The minimum atomic E-state index is -0.246. The van der Waals surface area contributed by atoms with Crippen LogP contribution in [-0.2, 0) is 4.74 Å². The first-order chi connectivity index (χ1) is 21.1. The number of hydrogen-bond acceptors (Lipinski definition) is 8. The Morgan fingerprint density at radius 1 is 1.00 bits per heavy atom. The largest absolute Gasteiger partial charge is 0.507 e. The van der Waals surface area contributed by atoms with E-state index in [1.165, 1.54) is 32.2 Å². The van der Waals surface area contributed by atoms with Crippen LogP contribution in [-0.4, -0.2) is 77.6 Å². The van der Waals surface area contributed by atoms with Crippen LogP contribution in [0.2, 0.25) is 0 Å². The SMILES string of the molecule is CCCC1CC(CN2CCN(C(=O)c3ccc(C4CN(C(/C=C(\N)c5ccccc5O)=C(N)N)CC(C)O4)c(C)c3)CC2)C1. The van der Waals surface area contributed by atoms with Gasteiger partial charge < -0.3 is 36.8 Å². The van der Waals surface area contributed by atoms with Gasteiger partial charge in [-0.05, 0) is 80.0 Å². The van der Waals surface area contributed by atoms with Gasteiger partial charge in [0.15, 0.2) is 0 Å². The lowest BCUT2D eigenvalue weighted by molar-refractivity contribution is -0.0686. The van der Waals surface area contributed by atoms with Gasteiger partial charge in [0.25, 0.3) is 5.91 Å². The summed E-state index contributed by atoms with van der Waals surface area (Å²) in [6, 6.07) is 12.8. The lowest BCUT2D eigenvalue weighted by atomic mass is 9.72. The summed E-state index contributed by atoms with van der Waals surface area (Å²) >= 11 is 0. The fraction of sp³-hybridized carbons (Fsp3) is 0.514. The van der Waals surface area contributed by atoms with Gasteiger partial charge in [0, 0.05) is 62.6 Å². The summed E-state index contributed by atoms with van der Waals surface area (Å²) in [5, 5.41) is 10.3. The van der Waals surface area contributed by atoms with Crippen molar-refractivity contribution in [1.82, 2.24) is 14.7 Å². The third-order valence-electron chi connectivity index (χ3n) is 9.47. The molecule has 3 fully saturated rings. The molecule has 44 heavy (non-hydrogen) atoms. The molecule has 7 N–H and O–H groups in total. The Balaban J connectivity index is 1.22. The van der Waals surface area contributed by atoms with Crippen molar-refractivity contribution in [3.8, 4) is 5.75 Å². The molecule has 9 heteroatoms. The lowest BCUT2D eigenvalue weighted by Crippen LogP contribution is -2.50. The first-order valence-electron chi connectivity index (χ1n) is 16.2. The summed E-state index contributed by atoms with van der Waals surface area (Å²) in [5.74, 6) is 2.10. The number of rotatable bonds is 9. The molecular weight excluding hydrogens is 552 g/mol. The van der Waals surface area contributed by atoms with Crippen LogP contribution in [0, 0.1) is 18.8 Å². The van der Waals surface area contributed by atoms with Crippen molar-refractivity contribution >= 4 is 11.6 Å². The minimum Gasteiger partial charge on any atom is -0.507 e. The van der Waals surface area contributed by atoms with Gasteiger partial charge in [-0.2, -0.15) is 0 Å². The second-order valence-electron chi connectivity index (χ2n) is 13.0. The smallest absolute Gasteiger partial charge is 0.253 e. The summed E-state index contributed by atoms with van der Waals surface area (Å²) in [4.78, 5) is 20.1. The van der Waals surface area contributed by atoms with E-state index in [4.69, 9.17) is 21.9 Å². The Morgan fingerprint density at radius 3 is 2.39 bits per heavy atom. The first-order valence-corrected chi connectivity index (χ1v) is 16.2. The predicted molar refractivity (Wildman–Crippen MR) is 175 cm³/mol. The van der Waals surface area contributed by atoms with Crippen LogP contribution in [0.15, 0.2) is 60.1 Å². The maximum atomic E-state index is 13.5. The number of benzene rings is 2. The fourth-order valence-electron chi connectivity index (χ4n) is 7.14. The topological polar surface area (TPSA) is 134 Å². The van der Waals surface area contributed by atoms with Crippen LogP contribution in [0.5, 0.6) is 5.75 Å². The van der Waals surface area contributed by atoms with Crippen molar-refractivity contribution < 1.29 is 14.6 Å². The van der Waals surface area contributed by atoms with Crippen molar-refractivity contribution in [1.29, 1.82) is 0 Å². The summed E-state index contributed by atoms with van der Waals surface area (Å²) in [5.41, 5.74) is 22.9. The maximum Gasteiger partial charge on any atom is 0.253 e. The molecule has 2 heterocycles. The number of para-hydroxylation sites is 1. The fourth-order valence-corrected chi connectivity index (χ4v) is 7.14. The Morgan fingerprint density at radius 2 is 1.73 bits per heavy atom. The Bertz CT molecular complexity index is 1370. The van der Waals surface area contributed by atoms with Crippen LogP contribution in [0.4, 0.5) is 0 Å². The molecule has 2 aliphatic heterocycles. The van der Waals surface area contributed by atoms with Crippen LogP contribution in [0.3, 0.4) is 0 Å². The maximum absolute atomic E-state index is 13.5. The summed E-state index contributed by atoms with van der Waals surface area (Å²) in [6.45, 7) is 12.0. The standard InChI is InChI=1S/C35H50N6O3/c1-4-7-25-17-26(18-25)21-39-12-14-40(15-13-39)35(43)27-10-11-28(23(2)16-27)33-22-41(20-24(3)44-33)31(34(37)38)19-30(36)29-8-5-6-9-32(29)42/h5-6,8-11,16,19,24-26,33,42H,4,7,12-15,17-18,20-22,36-38H2,1-3H3/b30-19-. The van der Waals surface area contributed by atoms with Crippen molar-refractivity contribution in [2.75, 3.05) is 45.8 Å². The molecule has 5 rings (SSSR count). The number of morpholine rings is 1. The minimum absolute atomic E-state index is 0.0886. The second kappa shape index (κ2) is 13.9. The molecule has 2 aromatic rings. The van der Waals surface area contributed by atoms with E-state index in [1.54, 1.807) is 24.3 Å². The molecular formula is C35H50N6O3. The highest BCUT2D eigenvalue weighted by Crippen LogP contribution is 2.37. The molecule has 2 unspecified atom stereocenters. The number of hydrogen-bond donors (Lipinski definition) is 4. The van der Waals surface area contributed by atoms with Gasteiger partial charge >= 0.3 is 0 Å². The third-order valence-corrected chi connectivity index (χ3v) is 9.47. The van der Waals surface area contributed by atoms with E-state index in [0.717, 1.165) is 49.1 Å². The second-order valence-corrected chi connectivity index (χ2v) is 13.0. The van der Waals surface area contributed by atoms with Crippen LogP contribution in [0.1, 0.15) is 72.7 Å². The normalized spacial score (nSPS) is 24.6. The van der Waals surface area contributed by atoms with E-state index in [9.17, 15) is 9.90 Å². The summed E-state index contributed by atoms with van der Waals surface area (Å²) < 4.78 is 6.38. The summed E-state index contributed by atoms with van der Waals surface area (Å²) in [7, 11) is 0. The number of carbonyl (C=O) groups is 1. The Kier molecular flexibility index (Phi) is 10.1. The molecule has 0 radical (unpaired) electrons. The molecule has 1 saturated carbocycles. The molecule has 1 aliphatic carbocycles. The van der Waals surface area contributed by atoms with Gasteiger partial charge in [-0.15, -0.1) is 0 Å². The zero-order chi connectivity index (χ0) is 31.4. The molecule has 2 saturated heterocycles. The highest BCUT2D eigenvalue weighted by Gasteiger charge is 2.32. The first kappa shape index (κ1) is 31.7. The number of carbonyl (C=O) groups excluding carboxylic acids is 1. The summed E-state index contributed by atoms with van der Waals surface area (Å²) in [6.07, 6.45) is 6.78. The monoisotopic (exact) mass is 602 g/mol. The number of phenolic OH excluding ortho intramolecular Hbond substituents is 1. The molecule has 0 aromatic heterocycles. The van der Waals surface area contributed by atoms with Gasteiger partial charge in [0.05, 0.1) is 11.8 Å². The third kappa shape index (κ3) is 7.33. The molecule has 2 atom stereocenters. The number of aromatic hydroxyl groups is 1. The van der Waals surface area contributed by atoms with Gasteiger partial charge in [-0.3, -0.25) is 9.69 Å². The molecule has 3 aliphatic rings. The van der Waals surface area contributed by atoms with Crippen molar-refractivity contribution in [3.63, 3.8) is 0 Å². The molecule has 9 nitrogen and oxygen atoms in total. The quantitative estimate of drug-likeness (QED) is 0.315. The number of piperazine rings is 1. The van der Waals surface area contributed by atoms with E-state index in [0.29, 0.717) is 35.6 Å². The predicted octanol–water partition coefficient (Wildman–Crippen LogP) is 4.13. The Labute approximate surface area is 262 Å². The number of ether oxygens (including phenoxy) is 1. The molecule has 0 bridgehead atoms. The van der Waals surface area contributed by atoms with Crippen LogP contribution < -0.4 is 17.2 Å². The van der Waals surface area contributed by atoms with E-state index < -0.39 is 0 Å². The van der Waals surface area contributed by atoms with E-state index in [2.05, 4.69) is 16.7 Å². The highest BCUT2D eigenvalue weighted by molar-refractivity contribution is 5.94. The van der Waals surface area contributed by atoms with Gasteiger partial charge in [0.1, 0.15) is 17.7 Å². The van der Waals surface area contributed by atoms with Gasteiger partial charge in [0.2, 0.25) is 0 Å². The van der Waals surface area contributed by atoms with E-state index >= 15 is 0 Å². The number of nitrogens with zero attached hydrogens (tertiary/aromatic N) is 3. The zero-order valence-electron chi connectivity index (χ0n) is 26.5. The number of phenols is 1. The average Bonchev–Trinajstić information content (AvgIpc) is 2.98. The van der Waals surface area contributed by atoms with Crippen molar-refractivity contribution in [3.05, 3.63) is 82.3 Å². The van der Waals surface area contributed by atoms with E-state index in [-0.39, 0.29) is 29.7 Å². The molecule has 1 amide bonds. The zero-order valence-corrected chi connectivity index (χ0v) is 26.5. The Hall–Kier alpha value is -3.69. The molecule has 2 aromatic carbocycles. The molecule has 0 spiro atoms. The van der Waals surface area contributed by atoms with E-state index in [1.807, 2.05) is 43.0 Å². The number of aryl methyl sites for hydroxylation is 1.